The monoisotopic (exact) mass is 303 g/mol. The Hall–Kier alpha value is -0.340. The molecule has 1 nitrogen and oxygen atoms in total. The predicted molar refractivity (Wildman–Crippen MR) is 90.7 cm³/mol. The molecule has 3 aliphatic rings. The summed E-state index contributed by atoms with van der Waals surface area (Å²) in [4.78, 5) is 3.04. The lowest BCUT2D eigenvalue weighted by atomic mass is 9.79. The van der Waals surface area contributed by atoms with Crippen LogP contribution in [-0.4, -0.2) is 6.04 Å². The van der Waals surface area contributed by atoms with Crippen molar-refractivity contribution in [2.24, 2.45) is 23.7 Å². The van der Waals surface area contributed by atoms with Crippen LogP contribution in [-0.2, 0) is 12.0 Å². The van der Waals surface area contributed by atoms with E-state index in [4.69, 9.17) is 0 Å². The van der Waals surface area contributed by atoms with Gasteiger partial charge in [0.1, 0.15) is 0 Å². The fourth-order valence-corrected chi connectivity index (χ4v) is 6.43. The van der Waals surface area contributed by atoms with Crippen molar-refractivity contribution in [2.45, 2.75) is 70.9 Å². The molecule has 2 heteroatoms. The molecule has 3 fully saturated rings. The van der Waals surface area contributed by atoms with Crippen LogP contribution < -0.4 is 5.32 Å². The summed E-state index contributed by atoms with van der Waals surface area (Å²) in [6.07, 6.45) is 7.57. The fourth-order valence-electron chi connectivity index (χ4n) is 5.41. The molecule has 21 heavy (non-hydrogen) atoms. The van der Waals surface area contributed by atoms with Gasteiger partial charge in [0.2, 0.25) is 0 Å². The average Bonchev–Trinajstić information content (AvgIpc) is 3.16. The molecule has 1 heterocycles. The third-order valence-electron chi connectivity index (χ3n) is 6.37. The van der Waals surface area contributed by atoms with E-state index in [0.29, 0.717) is 5.41 Å². The molecular formula is C19H29NS. The maximum atomic E-state index is 3.92. The molecule has 0 aromatic carbocycles. The fraction of sp³-hybridized carbons (Fsp3) is 0.789. The van der Waals surface area contributed by atoms with Gasteiger partial charge in [-0.2, -0.15) is 0 Å². The van der Waals surface area contributed by atoms with Gasteiger partial charge >= 0.3 is 0 Å². The van der Waals surface area contributed by atoms with Crippen LogP contribution in [0, 0.1) is 23.7 Å². The van der Waals surface area contributed by atoms with Crippen molar-refractivity contribution in [3.63, 3.8) is 0 Å². The summed E-state index contributed by atoms with van der Waals surface area (Å²) in [5.41, 5.74) is 0.298. The molecule has 0 amide bonds. The number of rotatable bonds is 3. The van der Waals surface area contributed by atoms with E-state index in [1.165, 1.54) is 35.4 Å². The molecular weight excluding hydrogens is 274 g/mol. The van der Waals surface area contributed by atoms with Crippen molar-refractivity contribution in [1.29, 1.82) is 0 Å². The Balaban J connectivity index is 1.37. The molecule has 2 bridgehead atoms. The molecule has 0 aliphatic heterocycles. The van der Waals surface area contributed by atoms with E-state index in [2.05, 4.69) is 38.2 Å². The first-order chi connectivity index (χ1) is 10.0. The Kier molecular flexibility index (Phi) is 3.46. The Labute approximate surface area is 133 Å². The Morgan fingerprint density at radius 3 is 2.67 bits per heavy atom. The first-order valence-corrected chi connectivity index (χ1v) is 9.66. The van der Waals surface area contributed by atoms with Gasteiger partial charge in [-0.15, -0.1) is 11.3 Å². The van der Waals surface area contributed by atoms with Gasteiger partial charge in [-0.25, -0.2) is 0 Å². The topological polar surface area (TPSA) is 12.0 Å². The molecule has 3 aliphatic carbocycles. The number of fused-ring (bicyclic) bond motifs is 5. The molecule has 5 atom stereocenters. The molecule has 1 aromatic heterocycles. The summed E-state index contributed by atoms with van der Waals surface area (Å²) in [6, 6.07) is 5.48. The lowest BCUT2D eigenvalue weighted by molar-refractivity contribution is 0.208. The van der Waals surface area contributed by atoms with Crippen molar-refractivity contribution in [2.75, 3.05) is 0 Å². The summed E-state index contributed by atoms with van der Waals surface area (Å²) in [5, 5.41) is 3.92. The second kappa shape index (κ2) is 5.09. The Morgan fingerprint density at radius 2 is 1.90 bits per heavy atom. The molecule has 4 rings (SSSR count). The van der Waals surface area contributed by atoms with E-state index >= 15 is 0 Å². The van der Waals surface area contributed by atoms with Gasteiger partial charge in [0.05, 0.1) is 0 Å². The molecule has 3 saturated carbocycles. The SMILES string of the molecule is CC(C)(C)c1ccc(CNC2CC3CC2C2CCCC32)s1. The number of hydrogen-bond acceptors (Lipinski definition) is 2. The summed E-state index contributed by atoms with van der Waals surface area (Å²) in [5.74, 6) is 4.26. The van der Waals surface area contributed by atoms with Crippen molar-refractivity contribution in [3.05, 3.63) is 21.9 Å². The largest absolute Gasteiger partial charge is 0.309 e. The normalized spacial score (nSPS) is 38.1. The van der Waals surface area contributed by atoms with Crippen LogP contribution in [0.2, 0.25) is 0 Å². The van der Waals surface area contributed by atoms with Crippen LogP contribution in [0.1, 0.15) is 62.6 Å². The van der Waals surface area contributed by atoms with Crippen LogP contribution >= 0.6 is 11.3 Å². The van der Waals surface area contributed by atoms with Crippen LogP contribution in [0.5, 0.6) is 0 Å². The zero-order valence-corrected chi connectivity index (χ0v) is 14.5. The summed E-state index contributed by atoms with van der Waals surface area (Å²) in [7, 11) is 0. The smallest absolute Gasteiger partial charge is 0.0302 e. The Morgan fingerprint density at radius 1 is 1.10 bits per heavy atom. The van der Waals surface area contributed by atoms with E-state index in [-0.39, 0.29) is 0 Å². The van der Waals surface area contributed by atoms with Gasteiger partial charge < -0.3 is 5.32 Å². The van der Waals surface area contributed by atoms with Gasteiger partial charge in [0.25, 0.3) is 0 Å². The molecule has 5 unspecified atom stereocenters. The first-order valence-electron chi connectivity index (χ1n) is 8.85. The van der Waals surface area contributed by atoms with Crippen molar-refractivity contribution >= 4 is 11.3 Å². The first kappa shape index (κ1) is 14.3. The predicted octanol–water partition coefficient (Wildman–Crippen LogP) is 4.96. The minimum Gasteiger partial charge on any atom is -0.309 e. The molecule has 0 spiro atoms. The lowest BCUT2D eigenvalue weighted by Crippen LogP contribution is -2.38. The molecule has 1 N–H and O–H groups in total. The van der Waals surface area contributed by atoms with Gasteiger partial charge in [-0.1, -0.05) is 27.2 Å². The quantitative estimate of drug-likeness (QED) is 0.832. The van der Waals surface area contributed by atoms with Crippen molar-refractivity contribution < 1.29 is 0 Å². The Bertz CT molecular complexity index is 512. The third-order valence-corrected chi connectivity index (χ3v) is 7.88. The molecule has 0 saturated heterocycles. The zero-order valence-electron chi connectivity index (χ0n) is 13.7. The van der Waals surface area contributed by atoms with E-state index < -0.39 is 0 Å². The van der Waals surface area contributed by atoms with E-state index in [1.54, 1.807) is 6.42 Å². The second-order valence-corrected chi connectivity index (χ2v) is 9.83. The van der Waals surface area contributed by atoms with E-state index in [9.17, 15) is 0 Å². The zero-order chi connectivity index (χ0) is 14.6. The molecule has 1 aromatic rings. The highest BCUT2D eigenvalue weighted by molar-refractivity contribution is 7.12. The number of hydrogen-bond donors (Lipinski definition) is 1. The number of nitrogens with one attached hydrogen (secondary N) is 1. The lowest BCUT2D eigenvalue weighted by Gasteiger charge is -2.32. The van der Waals surface area contributed by atoms with Crippen LogP contribution in [0.4, 0.5) is 0 Å². The highest BCUT2D eigenvalue weighted by atomic mass is 32.1. The van der Waals surface area contributed by atoms with Gasteiger partial charge in [0.15, 0.2) is 0 Å². The summed E-state index contributed by atoms with van der Waals surface area (Å²) in [6.45, 7) is 8.02. The average molecular weight is 304 g/mol. The van der Waals surface area contributed by atoms with Gasteiger partial charge in [-0.05, 0) is 66.9 Å². The second-order valence-electron chi connectivity index (χ2n) is 8.66. The van der Waals surface area contributed by atoms with Crippen LogP contribution in [0.15, 0.2) is 12.1 Å². The van der Waals surface area contributed by atoms with E-state index in [0.717, 1.165) is 36.3 Å². The van der Waals surface area contributed by atoms with Gasteiger partial charge in [0, 0.05) is 22.3 Å². The van der Waals surface area contributed by atoms with E-state index in [1.807, 2.05) is 11.3 Å². The van der Waals surface area contributed by atoms with Crippen LogP contribution in [0.3, 0.4) is 0 Å². The highest BCUT2D eigenvalue weighted by Crippen LogP contribution is 2.58. The van der Waals surface area contributed by atoms with Crippen molar-refractivity contribution in [1.82, 2.24) is 5.32 Å². The highest BCUT2D eigenvalue weighted by Gasteiger charge is 2.53. The molecule has 116 valence electrons. The summed E-state index contributed by atoms with van der Waals surface area (Å²) < 4.78 is 0. The minimum absolute atomic E-state index is 0.298. The van der Waals surface area contributed by atoms with Crippen LogP contribution in [0.25, 0.3) is 0 Å². The maximum absolute atomic E-state index is 3.92. The number of thiophene rings is 1. The maximum Gasteiger partial charge on any atom is 0.0302 e. The van der Waals surface area contributed by atoms with Gasteiger partial charge in [-0.3, -0.25) is 0 Å². The molecule has 0 radical (unpaired) electrons. The van der Waals surface area contributed by atoms with Crippen molar-refractivity contribution in [3.8, 4) is 0 Å². The summed E-state index contributed by atoms with van der Waals surface area (Å²) >= 11 is 2.00. The minimum atomic E-state index is 0.298. The third kappa shape index (κ3) is 2.49. The standard InChI is InChI=1S/C19H29NS/c1-19(2,3)18-8-7-13(21-18)11-20-17-10-12-9-16(17)15-6-4-5-14(12)15/h7-8,12,14-17,20H,4-6,9-11H2,1-3H3.